The molecule has 0 radical (unpaired) electrons. The van der Waals surface area contributed by atoms with Crippen molar-refractivity contribution in [2.24, 2.45) is 10.2 Å². The smallest absolute Gasteiger partial charge is 0.307 e. The molecule has 36 heavy (non-hydrogen) atoms. The van der Waals surface area contributed by atoms with Crippen LogP contribution in [0.15, 0.2) is 51.5 Å². The van der Waals surface area contributed by atoms with Gasteiger partial charge in [-0.2, -0.15) is 5.11 Å². The lowest BCUT2D eigenvalue weighted by Gasteiger charge is -2.24. The molecular formula is C21H20N6O8S. The highest BCUT2D eigenvalue weighted by molar-refractivity contribution is 8.01. The first-order valence-corrected chi connectivity index (χ1v) is 10.9. The summed E-state index contributed by atoms with van der Waals surface area (Å²) in [5.74, 6) is -0.826. The SMILES string of the molecule is [C-]#[N+]Sc1cc(N=Nc2ccc(N(CCC(=O)OC)CCC(=O)OC)cc2)c([N+](=O)[O-])cc1[N+](=O)[O-]. The molecule has 0 heterocycles. The summed E-state index contributed by atoms with van der Waals surface area (Å²) in [7, 11) is 2.55. The van der Waals surface area contributed by atoms with E-state index in [9.17, 15) is 29.8 Å². The number of carbonyl (C=O) groups excluding carboxylic acids is 2. The summed E-state index contributed by atoms with van der Waals surface area (Å²) >= 11 is 0.462. The van der Waals surface area contributed by atoms with Gasteiger partial charge in [-0.25, -0.2) is 10.8 Å². The topological polar surface area (TPSA) is 171 Å². The summed E-state index contributed by atoms with van der Waals surface area (Å²) in [6.45, 7) is 7.49. The number of nitrogens with zero attached hydrogens (tertiary/aromatic N) is 6. The quantitative estimate of drug-likeness (QED) is 0.0954. The molecule has 0 atom stereocenters. The third-order valence-corrected chi connectivity index (χ3v) is 5.32. The van der Waals surface area contributed by atoms with E-state index in [1.807, 2.05) is 0 Å². The molecule has 0 aromatic heterocycles. The van der Waals surface area contributed by atoms with Gasteiger partial charge in [0, 0.05) is 24.8 Å². The molecule has 0 N–H and O–H groups in total. The summed E-state index contributed by atoms with van der Waals surface area (Å²) in [5, 5.41) is 30.4. The molecule has 0 saturated carbocycles. The fourth-order valence-corrected chi connectivity index (χ4v) is 3.40. The summed E-state index contributed by atoms with van der Waals surface area (Å²) in [6, 6.07) is 8.26. The minimum Gasteiger partial charge on any atom is -0.469 e. The number of ether oxygens (including phenoxy) is 2. The van der Waals surface area contributed by atoms with Crippen LogP contribution in [0.3, 0.4) is 0 Å². The van der Waals surface area contributed by atoms with Gasteiger partial charge in [0.1, 0.15) is 0 Å². The summed E-state index contributed by atoms with van der Waals surface area (Å²) in [6.07, 6.45) is 0.182. The van der Waals surface area contributed by atoms with Gasteiger partial charge >= 0.3 is 29.6 Å². The fraction of sp³-hybridized carbons (Fsp3) is 0.286. The predicted octanol–water partition coefficient (Wildman–Crippen LogP) is 4.78. The third-order valence-electron chi connectivity index (χ3n) is 4.71. The van der Waals surface area contributed by atoms with Gasteiger partial charge in [0.05, 0.1) is 48.7 Å². The average Bonchev–Trinajstić information content (AvgIpc) is 2.87. The number of rotatable bonds is 12. The van der Waals surface area contributed by atoms with Crippen molar-refractivity contribution >= 4 is 52.3 Å². The first-order valence-electron chi connectivity index (χ1n) is 10.1. The van der Waals surface area contributed by atoms with Crippen LogP contribution in [0.4, 0.5) is 28.4 Å². The highest BCUT2D eigenvalue weighted by Crippen LogP contribution is 2.40. The maximum atomic E-state index is 11.5. The second-order valence-corrected chi connectivity index (χ2v) is 7.67. The molecule has 0 aliphatic heterocycles. The predicted molar refractivity (Wildman–Crippen MR) is 128 cm³/mol. The number of nitro benzene ring substituents is 2. The number of nitro groups is 2. The van der Waals surface area contributed by atoms with E-state index in [1.54, 1.807) is 29.2 Å². The summed E-state index contributed by atoms with van der Waals surface area (Å²) < 4.78 is 12.3. The van der Waals surface area contributed by atoms with Crippen molar-refractivity contribution in [3.63, 3.8) is 0 Å². The van der Waals surface area contributed by atoms with E-state index in [2.05, 4.69) is 24.0 Å². The number of hydrogen-bond acceptors (Lipinski definition) is 12. The van der Waals surface area contributed by atoms with Crippen molar-refractivity contribution in [1.29, 1.82) is 0 Å². The van der Waals surface area contributed by atoms with E-state index in [0.717, 1.165) is 12.1 Å². The molecule has 0 fully saturated rings. The van der Waals surface area contributed by atoms with Crippen molar-refractivity contribution in [3.05, 3.63) is 67.4 Å². The number of methoxy groups -OCH3 is 2. The lowest BCUT2D eigenvalue weighted by Crippen LogP contribution is -2.29. The van der Waals surface area contributed by atoms with Crippen molar-refractivity contribution < 1.29 is 28.9 Å². The lowest BCUT2D eigenvalue weighted by molar-refractivity contribution is -0.395. The maximum absolute atomic E-state index is 11.5. The Labute approximate surface area is 209 Å². The Balaban J connectivity index is 2.31. The Morgan fingerprint density at radius 1 is 0.972 bits per heavy atom. The van der Waals surface area contributed by atoms with E-state index in [4.69, 9.17) is 6.57 Å². The highest BCUT2D eigenvalue weighted by Gasteiger charge is 2.27. The number of hydrogen-bond donors (Lipinski definition) is 0. The molecule has 0 unspecified atom stereocenters. The van der Waals surface area contributed by atoms with Crippen LogP contribution in [0, 0.1) is 26.8 Å². The zero-order valence-electron chi connectivity index (χ0n) is 19.2. The van der Waals surface area contributed by atoms with Crippen molar-refractivity contribution in [1.82, 2.24) is 0 Å². The van der Waals surface area contributed by atoms with Gasteiger partial charge < -0.3 is 14.4 Å². The van der Waals surface area contributed by atoms with Crippen molar-refractivity contribution in [2.75, 3.05) is 32.2 Å². The third kappa shape index (κ3) is 7.74. The Morgan fingerprint density at radius 3 is 2.00 bits per heavy atom. The zero-order valence-corrected chi connectivity index (χ0v) is 20.0. The van der Waals surface area contributed by atoms with E-state index >= 15 is 0 Å². The van der Waals surface area contributed by atoms with Crippen LogP contribution in [-0.4, -0.2) is 49.1 Å². The molecule has 2 aromatic rings. The second kappa shape index (κ2) is 13.3. The molecule has 2 aromatic carbocycles. The van der Waals surface area contributed by atoms with Crippen molar-refractivity contribution in [2.45, 2.75) is 17.7 Å². The number of azo groups is 1. The molecule has 0 bridgehead atoms. The number of esters is 2. The van der Waals surface area contributed by atoms with Gasteiger partial charge in [-0.15, -0.1) is 5.11 Å². The summed E-state index contributed by atoms with van der Waals surface area (Å²) in [4.78, 5) is 45.7. The minimum absolute atomic E-state index is 0.0912. The van der Waals surface area contributed by atoms with Gasteiger partial charge in [0.25, 0.3) is 5.69 Å². The fourth-order valence-electron chi connectivity index (χ4n) is 2.91. The Hall–Kier alpha value is -4.58. The van der Waals surface area contributed by atoms with E-state index in [0.29, 0.717) is 23.3 Å². The monoisotopic (exact) mass is 516 g/mol. The summed E-state index contributed by atoms with van der Waals surface area (Å²) in [5.41, 5.74) is -0.484. The molecule has 0 amide bonds. The minimum atomic E-state index is -0.822. The van der Waals surface area contributed by atoms with Gasteiger partial charge in [0.2, 0.25) is 0 Å². The van der Waals surface area contributed by atoms with E-state index in [1.165, 1.54) is 14.2 Å². The molecule has 15 heteroatoms. The molecule has 0 aliphatic rings. The molecule has 0 saturated heterocycles. The molecule has 188 valence electrons. The van der Waals surface area contributed by atoms with Crippen LogP contribution in [0.25, 0.3) is 4.25 Å². The molecular weight excluding hydrogens is 496 g/mol. The number of carbonyl (C=O) groups is 2. The molecule has 14 nitrogen and oxygen atoms in total. The Morgan fingerprint density at radius 2 is 1.53 bits per heavy atom. The van der Waals surface area contributed by atoms with Crippen molar-refractivity contribution in [3.8, 4) is 0 Å². The molecule has 0 spiro atoms. The van der Waals surface area contributed by atoms with Gasteiger partial charge in [-0.1, -0.05) is 0 Å². The number of anilines is 1. The highest BCUT2D eigenvalue weighted by atomic mass is 32.2. The first-order chi connectivity index (χ1) is 17.2. The van der Waals surface area contributed by atoms with Crippen LogP contribution >= 0.6 is 11.9 Å². The Kier molecular flexibility index (Phi) is 10.3. The molecule has 0 aliphatic carbocycles. The first kappa shape index (κ1) is 27.7. The molecule has 2 rings (SSSR count). The van der Waals surface area contributed by atoms with Crippen LogP contribution in [-0.2, 0) is 19.1 Å². The lowest BCUT2D eigenvalue weighted by atomic mass is 10.2. The number of benzene rings is 2. The average molecular weight is 516 g/mol. The van der Waals surface area contributed by atoms with E-state index < -0.39 is 33.2 Å². The zero-order chi connectivity index (χ0) is 26.7. The van der Waals surface area contributed by atoms with Crippen LogP contribution in [0.1, 0.15) is 12.8 Å². The second-order valence-electron chi connectivity index (χ2n) is 6.86. The van der Waals surface area contributed by atoms with Crippen LogP contribution < -0.4 is 4.90 Å². The van der Waals surface area contributed by atoms with Gasteiger partial charge in [-0.3, -0.25) is 29.8 Å². The van der Waals surface area contributed by atoms with Gasteiger partial charge in [-0.05, 0) is 24.3 Å². The Bertz CT molecular complexity index is 1190. The van der Waals surface area contributed by atoms with Crippen LogP contribution in [0.2, 0.25) is 0 Å². The van der Waals surface area contributed by atoms with Gasteiger partial charge in [0.15, 0.2) is 10.6 Å². The maximum Gasteiger partial charge on any atom is 0.307 e. The standard InChI is InChI=1S/C21H20N6O8S/c1-22-36-19-12-16(17(26(30)31)13-18(19)27(32)33)24-23-14-4-6-15(7-5-14)25(10-8-20(28)34-2)11-9-21(29)35-3/h4-7,12-13H,8-11H2,2-3H3. The normalized spacial score (nSPS) is 10.5. The largest absolute Gasteiger partial charge is 0.469 e. The van der Waals surface area contributed by atoms with E-state index in [-0.39, 0.29) is 36.5 Å². The van der Waals surface area contributed by atoms with Crippen LogP contribution in [0.5, 0.6) is 0 Å².